The van der Waals surface area contributed by atoms with Crippen LogP contribution < -0.4 is 10.7 Å². The molecule has 2 atom stereocenters. The van der Waals surface area contributed by atoms with E-state index in [1.54, 1.807) is 0 Å². The van der Waals surface area contributed by atoms with Crippen molar-refractivity contribution in [3.05, 3.63) is 11.6 Å². The molecule has 0 aliphatic heterocycles. The zero-order valence-electron chi connectivity index (χ0n) is 13.2. The molecule has 4 heteroatoms. The molecule has 116 valence electrons. The molecule has 0 aromatic rings. The Balaban J connectivity index is 1.46. The summed E-state index contributed by atoms with van der Waals surface area (Å²) in [6, 6.07) is 0.536. The fraction of sp³-hybridized carbons (Fsp3) is 0.765. The van der Waals surface area contributed by atoms with Crippen molar-refractivity contribution in [3.63, 3.8) is 0 Å². The van der Waals surface area contributed by atoms with Crippen molar-refractivity contribution in [3.8, 4) is 0 Å². The second-order valence-electron chi connectivity index (χ2n) is 7.42. The molecule has 0 aromatic carbocycles. The van der Waals surface area contributed by atoms with Crippen molar-refractivity contribution in [2.24, 2.45) is 22.4 Å². The van der Waals surface area contributed by atoms with Crippen molar-refractivity contribution < 1.29 is 0 Å². The van der Waals surface area contributed by atoms with Crippen molar-refractivity contribution in [2.45, 2.75) is 64.8 Å². The van der Waals surface area contributed by atoms with Gasteiger partial charge < -0.3 is 5.32 Å². The van der Waals surface area contributed by atoms with Gasteiger partial charge in [-0.25, -0.2) is 0 Å². The minimum Gasteiger partial charge on any atom is -0.359 e. The summed E-state index contributed by atoms with van der Waals surface area (Å²) in [7, 11) is 0. The van der Waals surface area contributed by atoms with Crippen LogP contribution in [0.15, 0.2) is 16.8 Å². The standard InChI is InChI=1S/C17H27N3S/c1-17(2)13-9-8-12(15(17)10-13)11-18-20-16(21)19-14-6-4-3-5-7-14/h8,11,13-15H,3-7,9-10H2,1-2H3,(H2,19,20,21)/b18-11+. The van der Waals surface area contributed by atoms with Crippen LogP contribution >= 0.6 is 12.2 Å². The van der Waals surface area contributed by atoms with Crippen LogP contribution in [0.4, 0.5) is 0 Å². The van der Waals surface area contributed by atoms with Gasteiger partial charge in [0.15, 0.2) is 5.11 Å². The lowest BCUT2D eigenvalue weighted by molar-refractivity contribution is -0.00126. The van der Waals surface area contributed by atoms with Gasteiger partial charge in [-0.2, -0.15) is 5.10 Å². The Hall–Kier alpha value is -0.900. The van der Waals surface area contributed by atoms with Crippen molar-refractivity contribution >= 4 is 23.5 Å². The zero-order valence-corrected chi connectivity index (χ0v) is 14.0. The van der Waals surface area contributed by atoms with Crippen LogP contribution in [0, 0.1) is 17.3 Å². The summed E-state index contributed by atoms with van der Waals surface area (Å²) >= 11 is 5.33. The predicted molar refractivity (Wildman–Crippen MR) is 92.3 cm³/mol. The van der Waals surface area contributed by atoms with E-state index in [9.17, 15) is 0 Å². The van der Waals surface area contributed by atoms with Gasteiger partial charge in [0.2, 0.25) is 0 Å². The Bertz CT molecular complexity index is 461. The minimum absolute atomic E-state index is 0.455. The third-order valence-corrected chi connectivity index (χ3v) is 6.04. The van der Waals surface area contributed by atoms with E-state index in [1.165, 1.54) is 50.5 Å². The van der Waals surface area contributed by atoms with Gasteiger partial charge in [-0.3, -0.25) is 5.43 Å². The molecule has 0 amide bonds. The lowest BCUT2D eigenvalue weighted by atomic mass is 9.49. The van der Waals surface area contributed by atoms with Crippen LogP contribution in [0.1, 0.15) is 58.8 Å². The van der Waals surface area contributed by atoms with Crippen LogP contribution in [-0.2, 0) is 0 Å². The highest BCUT2D eigenvalue weighted by atomic mass is 32.1. The van der Waals surface area contributed by atoms with Gasteiger partial charge in [0.05, 0.1) is 6.21 Å². The highest BCUT2D eigenvalue weighted by Crippen LogP contribution is 2.58. The highest BCUT2D eigenvalue weighted by molar-refractivity contribution is 7.80. The lowest BCUT2D eigenvalue weighted by Gasteiger charge is -2.55. The smallest absolute Gasteiger partial charge is 0.187 e. The molecular weight excluding hydrogens is 278 g/mol. The van der Waals surface area contributed by atoms with E-state index < -0.39 is 0 Å². The van der Waals surface area contributed by atoms with Crippen LogP contribution in [-0.4, -0.2) is 17.4 Å². The van der Waals surface area contributed by atoms with Gasteiger partial charge in [0.25, 0.3) is 0 Å². The van der Waals surface area contributed by atoms with Gasteiger partial charge in [0, 0.05) is 6.04 Å². The summed E-state index contributed by atoms with van der Waals surface area (Å²) in [6.45, 7) is 4.77. The molecular formula is C17H27N3S. The zero-order chi connectivity index (χ0) is 14.9. The second-order valence-corrected chi connectivity index (χ2v) is 7.83. The van der Waals surface area contributed by atoms with Crippen LogP contribution in [0.25, 0.3) is 0 Å². The van der Waals surface area contributed by atoms with Crippen LogP contribution in [0.5, 0.6) is 0 Å². The molecule has 2 saturated carbocycles. The molecule has 4 aliphatic rings. The molecule has 0 aromatic heterocycles. The summed E-state index contributed by atoms with van der Waals surface area (Å²) in [6.07, 6.45) is 13.3. The van der Waals surface area contributed by atoms with Gasteiger partial charge >= 0.3 is 0 Å². The molecule has 2 unspecified atom stereocenters. The lowest BCUT2D eigenvalue weighted by Crippen LogP contribution is -2.48. The fourth-order valence-corrected chi connectivity index (χ4v) is 4.39. The van der Waals surface area contributed by atoms with Crippen LogP contribution in [0.2, 0.25) is 0 Å². The summed E-state index contributed by atoms with van der Waals surface area (Å²) in [5, 5.41) is 8.40. The number of nitrogens with zero attached hydrogens (tertiary/aromatic N) is 1. The molecule has 4 aliphatic carbocycles. The van der Waals surface area contributed by atoms with E-state index in [-0.39, 0.29) is 0 Å². The Morgan fingerprint density at radius 3 is 2.76 bits per heavy atom. The molecule has 0 saturated heterocycles. The van der Waals surface area contributed by atoms with E-state index in [1.807, 2.05) is 6.21 Å². The normalized spacial score (nSPS) is 31.4. The number of fused-ring (bicyclic) bond motifs is 1. The molecule has 21 heavy (non-hydrogen) atoms. The number of hydrogen-bond donors (Lipinski definition) is 2. The molecule has 3 nitrogen and oxygen atoms in total. The molecule has 4 rings (SSSR count). The minimum atomic E-state index is 0.455. The van der Waals surface area contributed by atoms with E-state index in [4.69, 9.17) is 12.2 Å². The maximum Gasteiger partial charge on any atom is 0.187 e. The Kier molecular flexibility index (Phi) is 4.34. The number of nitrogens with one attached hydrogen (secondary N) is 2. The number of allylic oxidation sites excluding steroid dienone is 2. The van der Waals surface area contributed by atoms with Crippen molar-refractivity contribution in [1.82, 2.24) is 10.7 Å². The van der Waals surface area contributed by atoms with E-state index in [0.29, 0.717) is 22.5 Å². The summed E-state index contributed by atoms with van der Waals surface area (Å²) in [5.41, 5.74) is 4.83. The average Bonchev–Trinajstić information content (AvgIpc) is 2.48. The van der Waals surface area contributed by atoms with Gasteiger partial charge in [-0.05, 0) is 60.7 Å². The summed E-state index contributed by atoms with van der Waals surface area (Å²) in [4.78, 5) is 0. The number of hydrogen-bond acceptors (Lipinski definition) is 2. The first-order valence-corrected chi connectivity index (χ1v) is 8.78. The molecule has 2 N–H and O–H groups in total. The highest BCUT2D eigenvalue weighted by Gasteiger charge is 2.50. The third-order valence-electron chi connectivity index (χ3n) is 5.83. The molecule has 2 fully saturated rings. The summed E-state index contributed by atoms with van der Waals surface area (Å²) in [5.74, 6) is 1.56. The average molecular weight is 305 g/mol. The van der Waals surface area contributed by atoms with Gasteiger partial charge in [-0.15, -0.1) is 0 Å². The Morgan fingerprint density at radius 1 is 1.33 bits per heavy atom. The Morgan fingerprint density at radius 2 is 2.10 bits per heavy atom. The number of rotatable bonds is 3. The van der Waals surface area contributed by atoms with E-state index in [0.717, 1.165) is 5.92 Å². The van der Waals surface area contributed by atoms with E-state index >= 15 is 0 Å². The fourth-order valence-electron chi connectivity index (χ4n) is 4.17. The van der Waals surface area contributed by atoms with Gasteiger partial charge in [0.1, 0.15) is 0 Å². The maximum atomic E-state index is 5.33. The van der Waals surface area contributed by atoms with Crippen molar-refractivity contribution in [1.29, 1.82) is 0 Å². The number of thiocarbonyl (C=S) groups is 1. The largest absolute Gasteiger partial charge is 0.359 e. The topological polar surface area (TPSA) is 36.4 Å². The first-order chi connectivity index (χ1) is 10.1. The maximum absolute atomic E-state index is 5.33. The molecule has 2 bridgehead atoms. The van der Waals surface area contributed by atoms with Crippen molar-refractivity contribution in [2.75, 3.05) is 0 Å². The van der Waals surface area contributed by atoms with Gasteiger partial charge in [-0.1, -0.05) is 39.2 Å². The first-order valence-electron chi connectivity index (χ1n) is 8.37. The molecule has 0 radical (unpaired) electrons. The van der Waals surface area contributed by atoms with E-state index in [2.05, 4.69) is 35.8 Å². The molecule has 0 spiro atoms. The Labute approximate surface area is 133 Å². The molecule has 0 heterocycles. The monoisotopic (exact) mass is 305 g/mol. The SMILES string of the molecule is CC1(C)C2CC=C(/C=N/NC(=S)NC3CCCCC3)C1C2. The summed E-state index contributed by atoms with van der Waals surface area (Å²) < 4.78 is 0. The number of hydrazone groups is 1. The quantitative estimate of drug-likeness (QED) is 0.473. The van der Waals surface area contributed by atoms with Crippen LogP contribution in [0.3, 0.4) is 0 Å². The first kappa shape index (κ1) is 15.0. The predicted octanol–water partition coefficient (Wildman–Crippen LogP) is 3.76. The third kappa shape index (κ3) is 3.15. The second kappa shape index (κ2) is 6.07.